The van der Waals surface area contributed by atoms with Gasteiger partial charge in [0.2, 0.25) is 0 Å². The van der Waals surface area contributed by atoms with Gasteiger partial charge in [0.15, 0.2) is 0 Å². The van der Waals surface area contributed by atoms with E-state index in [0.29, 0.717) is 0 Å². The molecule has 0 aliphatic carbocycles. The highest BCUT2D eigenvalue weighted by Gasteiger charge is 2.40. The van der Waals surface area contributed by atoms with Gasteiger partial charge in [-0.15, -0.1) is 0 Å². The van der Waals surface area contributed by atoms with E-state index in [9.17, 15) is 30.7 Å². The number of nitrogens with two attached hydrogens (primary N) is 1. The SMILES string of the molecule is CC[C@@H](N)c1c(F)cc(C(F)(F)F)cc1C(F)(F)F. The fourth-order valence-corrected chi connectivity index (χ4v) is 1.60. The Morgan fingerprint density at radius 2 is 1.58 bits per heavy atom. The first-order valence-corrected chi connectivity index (χ1v) is 5.21. The number of rotatable bonds is 2. The molecule has 19 heavy (non-hydrogen) atoms. The van der Waals surface area contributed by atoms with Crippen molar-refractivity contribution < 1.29 is 30.7 Å². The molecule has 0 aliphatic rings. The summed E-state index contributed by atoms with van der Waals surface area (Å²) in [6.45, 7) is 1.40. The monoisotopic (exact) mass is 289 g/mol. The van der Waals surface area contributed by atoms with Crippen molar-refractivity contribution in [3.8, 4) is 0 Å². The Balaban J connectivity index is 3.58. The quantitative estimate of drug-likeness (QED) is 0.808. The minimum Gasteiger partial charge on any atom is -0.324 e. The van der Waals surface area contributed by atoms with Crippen LogP contribution in [0, 0.1) is 5.82 Å². The number of halogens is 7. The summed E-state index contributed by atoms with van der Waals surface area (Å²) in [5.41, 5.74) is 1.01. The Bertz CT molecular complexity index is 461. The van der Waals surface area contributed by atoms with Crippen LogP contribution in [0.3, 0.4) is 0 Å². The van der Waals surface area contributed by atoms with E-state index in [1.54, 1.807) is 0 Å². The Labute approximate surface area is 104 Å². The zero-order chi connectivity index (χ0) is 15.0. The van der Waals surface area contributed by atoms with Crippen LogP contribution in [0.2, 0.25) is 0 Å². The van der Waals surface area contributed by atoms with E-state index >= 15 is 0 Å². The Morgan fingerprint density at radius 3 is 1.95 bits per heavy atom. The number of benzene rings is 1. The molecule has 0 unspecified atom stereocenters. The van der Waals surface area contributed by atoms with Gasteiger partial charge in [0.05, 0.1) is 11.1 Å². The second-order valence-corrected chi connectivity index (χ2v) is 3.93. The van der Waals surface area contributed by atoms with Gasteiger partial charge in [-0.2, -0.15) is 26.3 Å². The third-order valence-corrected chi connectivity index (χ3v) is 2.57. The molecule has 0 saturated carbocycles. The largest absolute Gasteiger partial charge is 0.416 e. The minimum absolute atomic E-state index is 0.0279. The summed E-state index contributed by atoms with van der Waals surface area (Å²) in [5, 5.41) is 0. The van der Waals surface area contributed by atoms with Crippen LogP contribution in [0.1, 0.15) is 36.1 Å². The van der Waals surface area contributed by atoms with Crippen LogP contribution in [0.4, 0.5) is 30.7 Å². The maximum absolute atomic E-state index is 13.5. The Kier molecular flexibility index (Phi) is 4.14. The van der Waals surface area contributed by atoms with E-state index in [0.717, 1.165) is 0 Å². The molecule has 0 amide bonds. The van der Waals surface area contributed by atoms with E-state index in [4.69, 9.17) is 5.73 Å². The van der Waals surface area contributed by atoms with Crippen molar-refractivity contribution in [2.24, 2.45) is 5.73 Å². The van der Waals surface area contributed by atoms with Crippen molar-refractivity contribution >= 4 is 0 Å². The van der Waals surface area contributed by atoms with E-state index in [1.165, 1.54) is 6.92 Å². The van der Waals surface area contributed by atoms with Gasteiger partial charge < -0.3 is 5.73 Å². The summed E-state index contributed by atoms with van der Waals surface area (Å²) in [6, 6.07) is -1.41. The highest BCUT2D eigenvalue weighted by Crippen LogP contribution is 2.40. The molecule has 1 rings (SSSR count). The lowest BCUT2D eigenvalue weighted by atomic mass is 9.95. The van der Waals surface area contributed by atoms with Gasteiger partial charge in [0.25, 0.3) is 0 Å². The Morgan fingerprint density at radius 1 is 1.05 bits per heavy atom. The molecule has 1 aromatic rings. The zero-order valence-electron chi connectivity index (χ0n) is 9.66. The molecule has 1 aromatic carbocycles. The molecule has 0 bridgehead atoms. The van der Waals surface area contributed by atoms with Crippen LogP contribution in [0.15, 0.2) is 12.1 Å². The lowest BCUT2D eigenvalue weighted by Gasteiger charge is -2.20. The Hall–Kier alpha value is -1.31. The fraction of sp³-hybridized carbons (Fsp3) is 0.455. The fourth-order valence-electron chi connectivity index (χ4n) is 1.60. The standard InChI is InChI=1S/C11H10F7N/c1-2-8(19)9-6(11(16,17)18)3-5(4-7(9)12)10(13,14)15/h3-4,8H,2,19H2,1H3/t8-/m1/s1. The van der Waals surface area contributed by atoms with Gasteiger partial charge in [0.1, 0.15) is 5.82 Å². The van der Waals surface area contributed by atoms with Crippen LogP contribution in [-0.2, 0) is 12.4 Å². The molecule has 0 aliphatic heterocycles. The maximum atomic E-state index is 13.5. The number of hydrogen-bond donors (Lipinski definition) is 1. The first-order valence-electron chi connectivity index (χ1n) is 5.21. The molecule has 108 valence electrons. The van der Waals surface area contributed by atoms with Gasteiger partial charge in [-0.05, 0) is 18.6 Å². The molecule has 0 radical (unpaired) electrons. The van der Waals surface area contributed by atoms with Gasteiger partial charge in [-0.3, -0.25) is 0 Å². The molecule has 0 spiro atoms. The summed E-state index contributed by atoms with van der Waals surface area (Å²) in [7, 11) is 0. The van der Waals surface area contributed by atoms with Crippen molar-refractivity contribution in [2.75, 3.05) is 0 Å². The van der Waals surface area contributed by atoms with E-state index in [2.05, 4.69) is 0 Å². The van der Waals surface area contributed by atoms with Crippen LogP contribution in [0.5, 0.6) is 0 Å². The second kappa shape index (κ2) is 4.99. The van der Waals surface area contributed by atoms with Crippen molar-refractivity contribution in [2.45, 2.75) is 31.7 Å². The zero-order valence-corrected chi connectivity index (χ0v) is 9.66. The second-order valence-electron chi connectivity index (χ2n) is 3.93. The average molecular weight is 289 g/mol. The highest BCUT2D eigenvalue weighted by atomic mass is 19.4. The summed E-state index contributed by atoms with van der Waals surface area (Å²) >= 11 is 0. The summed E-state index contributed by atoms with van der Waals surface area (Å²) < 4.78 is 88.8. The average Bonchev–Trinajstić information content (AvgIpc) is 2.24. The van der Waals surface area contributed by atoms with Crippen molar-refractivity contribution in [1.29, 1.82) is 0 Å². The maximum Gasteiger partial charge on any atom is 0.416 e. The number of alkyl halides is 6. The molecule has 8 heteroatoms. The van der Waals surface area contributed by atoms with Gasteiger partial charge in [0, 0.05) is 11.6 Å². The lowest BCUT2D eigenvalue weighted by molar-refractivity contribution is -0.144. The topological polar surface area (TPSA) is 26.0 Å². The first kappa shape index (κ1) is 15.7. The molecule has 0 saturated heterocycles. The molecule has 2 N–H and O–H groups in total. The molecule has 0 heterocycles. The molecule has 1 atom stereocenters. The summed E-state index contributed by atoms with van der Waals surface area (Å²) in [4.78, 5) is 0. The normalized spacial score (nSPS) is 14.6. The van der Waals surface area contributed by atoms with Crippen molar-refractivity contribution in [3.05, 3.63) is 34.6 Å². The van der Waals surface area contributed by atoms with E-state index in [-0.39, 0.29) is 18.6 Å². The van der Waals surface area contributed by atoms with Crippen molar-refractivity contribution in [3.63, 3.8) is 0 Å². The molecular formula is C11H10F7N. The van der Waals surface area contributed by atoms with Crippen LogP contribution in [-0.4, -0.2) is 0 Å². The molecular weight excluding hydrogens is 279 g/mol. The van der Waals surface area contributed by atoms with E-state index < -0.39 is 40.9 Å². The third kappa shape index (κ3) is 3.37. The van der Waals surface area contributed by atoms with Crippen LogP contribution in [0.25, 0.3) is 0 Å². The molecule has 0 aromatic heterocycles. The smallest absolute Gasteiger partial charge is 0.324 e. The predicted octanol–water partition coefficient (Wildman–Crippen LogP) is 4.27. The molecule has 0 fully saturated rings. The lowest BCUT2D eigenvalue weighted by Crippen LogP contribution is -2.21. The summed E-state index contributed by atoms with van der Waals surface area (Å²) in [5.74, 6) is -1.60. The van der Waals surface area contributed by atoms with Gasteiger partial charge in [-0.1, -0.05) is 6.92 Å². The number of hydrogen-bond acceptors (Lipinski definition) is 1. The predicted molar refractivity (Wildman–Crippen MR) is 53.6 cm³/mol. The third-order valence-electron chi connectivity index (χ3n) is 2.57. The van der Waals surface area contributed by atoms with E-state index in [1.807, 2.05) is 0 Å². The molecule has 1 nitrogen and oxygen atoms in total. The highest BCUT2D eigenvalue weighted by molar-refractivity contribution is 5.38. The van der Waals surface area contributed by atoms with Crippen LogP contribution < -0.4 is 5.73 Å². The van der Waals surface area contributed by atoms with Gasteiger partial charge >= 0.3 is 12.4 Å². The van der Waals surface area contributed by atoms with Crippen LogP contribution >= 0.6 is 0 Å². The minimum atomic E-state index is -5.11. The van der Waals surface area contributed by atoms with Crippen molar-refractivity contribution in [1.82, 2.24) is 0 Å². The van der Waals surface area contributed by atoms with Gasteiger partial charge in [-0.25, -0.2) is 4.39 Å². The summed E-state index contributed by atoms with van der Waals surface area (Å²) in [6.07, 6.45) is -10.2. The first-order chi connectivity index (χ1) is 8.48.